The minimum Gasteiger partial charge on any atom is -0.341 e. The maximum atomic E-state index is 12.3. The zero-order chi connectivity index (χ0) is 22.5. The van der Waals surface area contributed by atoms with Gasteiger partial charge in [0.15, 0.2) is 0 Å². The van der Waals surface area contributed by atoms with E-state index in [1.165, 1.54) is 24.8 Å². The van der Waals surface area contributed by atoms with Gasteiger partial charge >= 0.3 is 6.03 Å². The minimum atomic E-state index is -0.272. The number of aromatic nitrogens is 2. The molecule has 4 rings (SSSR count). The van der Waals surface area contributed by atoms with Crippen molar-refractivity contribution in [2.24, 2.45) is 0 Å². The molecule has 1 aliphatic heterocycles. The van der Waals surface area contributed by atoms with Crippen LogP contribution in [-0.2, 0) is 0 Å². The molecule has 2 heterocycles. The topological polar surface area (TPSA) is 82.2 Å². The van der Waals surface area contributed by atoms with Crippen molar-refractivity contribution in [2.45, 2.75) is 40.0 Å². The van der Waals surface area contributed by atoms with Crippen LogP contribution in [0, 0.1) is 20.8 Å². The fraction of sp³-hybridized carbons (Fsp3) is 0.320. The lowest BCUT2D eigenvalue weighted by atomic mass is 10.1. The third kappa shape index (κ3) is 5.55. The first kappa shape index (κ1) is 21.6. The summed E-state index contributed by atoms with van der Waals surface area (Å²) < 4.78 is 0. The van der Waals surface area contributed by atoms with Gasteiger partial charge in [0.05, 0.1) is 0 Å². The predicted molar refractivity (Wildman–Crippen MR) is 131 cm³/mol. The molecule has 3 N–H and O–H groups in total. The van der Waals surface area contributed by atoms with Gasteiger partial charge in [0.2, 0.25) is 5.95 Å². The molecule has 7 nitrogen and oxygen atoms in total. The molecule has 1 aromatic heterocycles. The number of benzene rings is 2. The summed E-state index contributed by atoms with van der Waals surface area (Å²) >= 11 is 0. The molecule has 2 aromatic carbocycles. The van der Waals surface area contributed by atoms with Crippen molar-refractivity contribution in [1.82, 2.24) is 9.97 Å². The first-order chi connectivity index (χ1) is 15.5. The van der Waals surface area contributed by atoms with E-state index in [1.807, 2.05) is 69.3 Å². The van der Waals surface area contributed by atoms with Gasteiger partial charge in [-0.15, -0.1) is 0 Å². The van der Waals surface area contributed by atoms with E-state index in [9.17, 15) is 4.79 Å². The molecule has 1 aliphatic rings. The molecule has 3 aromatic rings. The fourth-order valence-electron chi connectivity index (χ4n) is 3.75. The highest BCUT2D eigenvalue weighted by Crippen LogP contribution is 2.22. The standard InChI is InChI=1S/C25H30N6O/c1-17-7-8-22(15-18(17)2)29-25(32)28-21-11-9-20(10-12-21)27-23-16-19(3)26-24(30-23)31-13-5-4-6-14-31/h7-12,15-16H,4-6,13-14H2,1-3H3,(H,26,27,30)(H2,28,29,32). The number of urea groups is 1. The molecule has 2 amide bonds. The number of rotatable bonds is 5. The van der Waals surface area contributed by atoms with Crippen molar-refractivity contribution < 1.29 is 4.79 Å². The molecule has 0 radical (unpaired) electrons. The molecule has 0 atom stereocenters. The van der Waals surface area contributed by atoms with Gasteiger partial charge < -0.3 is 20.9 Å². The molecule has 0 bridgehead atoms. The lowest BCUT2D eigenvalue weighted by Gasteiger charge is -2.27. The number of amides is 2. The van der Waals surface area contributed by atoms with Crippen molar-refractivity contribution in [2.75, 3.05) is 33.9 Å². The van der Waals surface area contributed by atoms with E-state index in [0.717, 1.165) is 47.5 Å². The van der Waals surface area contributed by atoms with E-state index in [0.29, 0.717) is 5.69 Å². The average molecular weight is 431 g/mol. The maximum Gasteiger partial charge on any atom is 0.323 e. The van der Waals surface area contributed by atoms with Crippen LogP contribution in [0.15, 0.2) is 48.5 Å². The third-order valence-electron chi connectivity index (χ3n) is 5.66. The molecular weight excluding hydrogens is 400 g/mol. The zero-order valence-electron chi connectivity index (χ0n) is 18.9. The van der Waals surface area contributed by atoms with Gasteiger partial charge in [-0.05, 0) is 87.6 Å². The Kier molecular flexibility index (Phi) is 6.54. The van der Waals surface area contributed by atoms with Crippen molar-refractivity contribution in [3.05, 3.63) is 65.4 Å². The Morgan fingerprint density at radius 3 is 2.16 bits per heavy atom. The molecule has 32 heavy (non-hydrogen) atoms. The van der Waals surface area contributed by atoms with Gasteiger partial charge in [-0.1, -0.05) is 6.07 Å². The second kappa shape index (κ2) is 9.68. The summed E-state index contributed by atoms with van der Waals surface area (Å²) in [6.07, 6.45) is 3.65. The summed E-state index contributed by atoms with van der Waals surface area (Å²) in [5.41, 5.74) is 5.65. The fourth-order valence-corrected chi connectivity index (χ4v) is 3.75. The van der Waals surface area contributed by atoms with Crippen LogP contribution in [0.3, 0.4) is 0 Å². The number of piperidine rings is 1. The molecule has 1 fully saturated rings. The van der Waals surface area contributed by atoms with Gasteiger partial charge in [-0.2, -0.15) is 4.98 Å². The number of carbonyl (C=O) groups is 1. The Balaban J connectivity index is 1.38. The lowest BCUT2D eigenvalue weighted by molar-refractivity contribution is 0.262. The number of hydrogen-bond donors (Lipinski definition) is 3. The van der Waals surface area contributed by atoms with E-state index in [1.54, 1.807) is 0 Å². The van der Waals surface area contributed by atoms with Crippen molar-refractivity contribution in [1.29, 1.82) is 0 Å². The molecule has 166 valence electrons. The maximum absolute atomic E-state index is 12.3. The molecule has 0 unspecified atom stereocenters. The first-order valence-electron chi connectivity index (χ1n) is 11.1. The Hall–Kier alpha value is -3.61. The monoisotopic (exact) mass is 430 g/mol. The second-order valence-corrected chi connectivity index (χ2v) is 8.32. The summed E-state index contributed by atoms with van der Waals surface area (Å²) in [5.74, 6) is 1.56. The summed E-state index contributed by atoms with van der Waals surface area (Å²) in [4.78, 5) is 23.9. The molecule has 0 aliphatic carbocycles. The summed E-state index contributed by atoms with van der Waals surface area (Å²) in [7, 11) is 0. The van der Waals surface area contributed by atoms with Crippen LogP contribution in [0.4, 0.5) is 33.6 Å². The SMILES string of the molecule is Cc1cc(Nc2ccc(NC(=O)Nc3ccc(C)c(C)c3)cc2)nc(N2CCCCC2)n1. The van der Waals surface area contributed by atoms with Crippen LogP contribution in [-0.4, -0.2) is 29.1 Å². The van der Waals surface area contributed by atoms with Crippen molar-refractivity contribution >= 4 is 34.9 Å². The van der Waals surface area contributed by atoms with Crippen molar-refractivity contribution in [3.63, 3.8) is 0 Å². The quantitative estimate of drug-likeness (QED) is 0.478. The molecule has 0 saturated carbocycles. The number of nitrogens with one attached hydrogen (secondary N) is 3. The number of hydrogen-bond acceptors (Lipinski definition) is 5. The van der Waals surface area contributed by atoms with Gasteiger partial charge in [-0.25, -0.2) is 9.78 Å². The summed E-state index contributed by atoms with van der Waals surface area (Å²) in [5, 5.41) is 9.09. The number of aryl methyl sites for hydroxylation is 3. The molecule has 1 saturated heterocycles. The number of carbonyl (C=O) groups excluding carboxylic acids is 1. The molecular formula is C25H30N6O. The van der Waals surface area contributed by atoms with Gasteiger partial charge in [0, 0.05) is 41.9 Å². The minimum absolute atomic E-state index is 0.272. The highest BCUT2D eigenvalue weighted by Gasteiger charge is 2.14. The predicted octanol–water partition coefficient (Wildman–Crippen LogP) is 5.78. The van der Waals surface area contributed by atoms with Gasteiger partial charge in [-0.3, -0.25) is 0 Å². The largest absolute Gasteiger partial charge is 0.341 e. The smallest absolute Gasteiger partial charge is 0.323 e. The first-order valence-corrected chi connectivity index (χ1v) is 11.1. The van der Waals surface area contributed by atoms with Crippen LogP contribution >= 0.6 is 0 Å². The lowest BCUT2D eigenvalue weighted by Crippen LogP contribution is -2.31. The highest BCUT2D eigenvalue weighted by molar-refractivity contribution is 5.99. The number of anilines is 5. The van der Waals surface area contributed by atoms with Gasteiger partial charge in [0.25, 0.3) is 0 Å². The van der Waals surface area contributed by atoms with Crippen molar-refractivity contribution in [3.8, 4) is 0 Å². The molecule has 0 spiro atoms. The Morgan fingerprint density at radius 1 is 0.781 bits per heavy atom. The van der Waals surface area contributed by atoms with E-state index in [4.69, 9.17) is 4.98 Å². The van der Waals surface area contributed by atoms with Crippen LogP contribution < -0.4 is 20.9 Å². The van der Waals surface area contributed by atoms with E-state index < -0.39 is 0 Å². The Bertz CT molecular complexity index is 1090. The van der Waals surface area contributed by atoms with E-state index in [2.05, 4.69) is 25.8 Å². The summed E-state index contributed by atoms with van der Waals surface area (Å²) in [6.45, 7) is 8.08. The van der Waals surface area contributed by atoms with Crippen LogP contribution in [0.1, 0.15) is 36.1 Å². The second-order valence-electron chi connectivity index (χ2n) is 8.32. The molecule has 7 heteroatoms. The summed E-state index contributed by atoms with van der Waals surface area (Å²) in [6, 6.07) is 15.1. The van der Waals surface area contributed by atoms with Crippen LogP contribution in [0.25, 0.3) is 0 Å². The normalized spacial score (nSPS) is 13.5. The average Bonchev–Trinajstić information content (AvgIpc) is 2.78. The van der Waals surface area contributed by atoms with E-state index in [-0.39, 0.29) is 6.03 Å². The Morgan fingerprint density at radius 2 is 1.44 bits per heavy atom. The number of nitrogens with zero attached hydrogens (tertiary/aromatic N) is 3. The van der Waals surface area contributed by atoms with Crippen LogP contribution in [0.5, 0.6) is 0 Å². The highest BCUT2D eigenvalue weighted by atomic mass is 16.2. The van der Waals surface area contributed by atoms with Crippen LogP contribution in [0.2, 0.25) is 0 Å². The van der Waals surface area contributed by atoms with Gasteiger partial charge in [0.1, 0.15) is 5.82 Å². The van der Waals surface area contributed by atoms with E-state index >= 15 is 0 Å². The third-order valence-corrected chi connectivity index (χ3v) is 5.66. The Labute approximate surface area is 189 Å². The zero-order valence-corrected chi connectivity index (χ0v) is 18.9.